The number of hydrogen-bond donors (Lipinski definition) is 2. The lowest BCUT2D eigenvalue weighted by atomic mass is 10.1. The summed E-state index contributed by atoms with van der Waals surface area (Å²) in [5, 5.41) is 5.42. The number of para-hydroxylation sites is 1. The normalized spacial score (nSPS) is 11.1. The number of nitrogens with one attached hydrogen (secondary N) is 2. The van der Waals surface area contributed by atoms with Crippen molar-refractivity contribution in [3.8, 4) is 0 Å². The van der Waals surface area contributed by atoms with Gasteiger partial charge in [0.05, 0.1) is 28.4 Å². The molecular weight excluding hydrogens is 466 g/mol. The molecule has 0 unspecified atom stereocenters. The molecule has 0 aliphatic heterocycles. The van der Waals surface area contributed by atoms with Crippen molar-refractivity contribution in [1.82, 2.24) is 5.32 Å². The molecule has 8 nitrogen and oxygen atoms in total. The van der Waals surface area contributed by atoms with Gasteiger partial charge >= 0.3 is 0 Å². The molecule has 0 fully saturated rings. The second-order valence-electron chi connectivity index (χ2n) is 7.89. The minimum Gasteiger partial charge on any atom is -0.383 e. The minimum atomic E-state index is -4.04. The van der Waals surface area contributed by atoms with E-state index in [1.165, 1.54) is 19.2 Å². The summed E-state index contributed by atoms with van der Waals surface area (Å²) in [6, 6.07) is 19.8. The molecule has 0 bridgehead atoms. The first-order valence-corrected chi connectivity index (χ1v) is 12.5. The zero-order valence-electron chi connectivity index (χ0n) is 19.9. The average Bonchev–Trinajstić information content (AvgIpc) is 2.85. The van der Waals surface area contributed by atoms with Crippen molar-refractivity contribution in [3.05, 3.63) is 89.5 Å². The van der Waals surface area contributed by atoms with Gasteiger partial charge in [0.2, 0.25) is 5.91 Å². The Bertz CT molecular complexity index is 1290. The van der Waals surface area contributed by atoms with Crippen LogP contribution in [0.5, 0.6) is 0 Å². The van der Waals surface area contributed by atoms with Crippen LogP contribution in [0, 0.1) is 13.8 Å². The van der Waals surface area contributed by atoms with Crippen molar-refractivity contribution in [2.45, 2.75) is 18.7 Å². The Hall–Kier alpha value is -3.69. The minimum absolute atomic E-state index is 0.0756. The largest absolute Gasteiger partial charge is 0.383 e. The van der Waals surface area contributed by atoms with E-state index >= 15 is 0 Å². The smallest absolute Gasteiger partial charge is 0.264 e. The first-order valence-electron chi connectivity index (χ1n) is 11.1. The number of carbonyl (C=O) groups excluding carboxylic acids is 2. The van der Waals surface area contributed by atoms with Crippen LogP contribution in [0.1, 0.15) is 21.5 Å². The fourth-order valence-electron chi connectivity index (χ4n) is 3.50. The van der Waals surface area contributed by atoms with E-state index < -0.39 is 22.5 Å². The highest BCUT2D eigenvalue weighted by molar-refractivity contribution is 7.92. The third-order valence-electron chi connectivity index (χ3n) is 5.50. The second kappa shape index (κ2) is 11.6. The lowest BCUT2D eigenvalue weighted by molar-refractivity contribution is -0.114. The average molecular weight is 496 g/mol. The number of anilines is 2. The number of sulfonamides is 1. The predicted molar refractivity (Wildman–Crippen MR) is 136 cm³/mol. The Morgan fingerprint density at radius 1 is 0.914 bits per heavy atom. The zero-order chi connectivity index (χ0) is 25.4. The van der Waals surface area contributed by atoms with Gasteiger partial charge in [-0.1, -0.05) is 42.5 Å². The maximum Gasteiger partial charge on any atom is 0.264 e. The van der Waals surface area contributed by atoms with E-state index in [1.54, 1.807) is 54.6 Å². The molecule has 35 heavy (non-hydrogen) atoms. The monoisotopic (exact) mass is 495 g/mol. The third kappa shape index (κ3) is 6.26. The summed E-state index contributed by atoms with van der Waals surface area (Å²) in [4.78, 5) is 25.8. The number of ether oxygens (including phenoxy) is 1. The summed E-state index contributed by atoms with van der Waals surface area (Å²) >= 11 is 0. The van der Waals surface area contributed by atoms with E-state index in [0.717, 1.165) is 15.4 Å². The van der Waals surface area contributed by atoms with Gasteiger partial charge in [-0.05, 0) is 55.3 Å². The number of carbonyl (C=O) groups is 2. The standard InChI is InChI=1S/C26H29N3O5S/c1-19-10-9-15-24(20(19)2)29(35(32,33)21-11-5-4-6-12-21)18-25(30)28-23-14-8-7-13-22(23)26(31)27-16-17-34-3/h4-15H,16-18H2,1-3H3,(H,27,31)(H,28,30). The Labute approximate surface area is 206 Å². The highest BCUT2D eigenvalue weighted by Crippen LogP contribution is 2.28. The SMILES string of the molecule is COCCNC(=O)c1ccccc1NC(=O)CN(c1cccc(C)c1C)S(=O)(=O)c1ccccc1. The zero-order valence-corrected chi connectivity index (χ0v) is 20.8. The quantitative estimate of drug-likeness (QED) is 0.419. The van der Waals surface area contributed by atoms with E-state index in [9.17, 15) is 18.0 Å². The molecule has 0 saturated carbocycles. The van der Waals surface area contributed by atoms with Gasteiger partial charge in [0, 0.05) is 13.7 Å². The van der Waals surface area contributed by atoms with Crippen LogP contribution < -0.4 is 14.9 Å². The number of rotatable bonds is 10. The first kappa shape index (κ1) is 25.9. The summed E-state index contributed by atoms with van der Waals surface area (Å²) in [7, 11) is -2.51. The van der Waals surface area contributed by atoms with Gasteiger partial charge in [0.25, 0.3) is 15.9 Å². The van der Waals surface area contributed by atoms with E-state index in [4.69, 9.17) is 4.74 Å². The molecule has 184 valence electrons. The van der Waals surface area contributed by atoms with Crippen LogP contribution in [-0.2, 0) is 19.6 Å². The van der Waals surface area contributed by atoms with Gasteiger partial charge in [-0.15, -0.1) is 0 Å². The number of benzene rings is 3. The molecule has 0 aliphatic carbocycles. The molecule has 0 aromatic heterocycles. The van der Waals surface area contributed by atoms with Crippen LogP contribution in [0.3, 0.4) is 0 Å². The van der Waals surface area contributed by atoms with E-state index in [2.05, 4.69) is 10.6 Å². The fraction of sp³-hybridized carbons (Fsp3) is 0.231. The Kier molecular flexibility index (Phi) is 8.62. The summed E-state index contributed by atoms with van der Waals surface area (Å²) in [6.45, 7) is 3.89. The summed E-state index contributed by atoms with van der Waals surface area (Å²) in [5.41, 5.74) is 2.60. The maximum atomic E-state index is 13.6. The number of amides is 2. The van der Waals surface area contributed by atoms with E-state index in [1.807, 2.05) is 19.9 Å². The molecule has 0 atom stereocenters. The van der Waals surface area contributed by atoms with Crippen LogP contribution in [-0.4, -0.2) is 47.0 Å². The lowest BCUT2D eigenvalue weighted by Gasteiger charge is -2.26. The molecule has 2 N–H and O–H groups in total. The Morgan fingerprint density at radius 3 is 2.31 bits per heavy atom. The summed E-state index contributed by atoms with van der Waals surface area (Å²) in [6.07, 6.45) is 0. The van der Waals surface area contributed by atoms with Gasteiger partial charge < -0.3 is 15.4 Å². The molecule has 0 aliphatic rings. The molecule has 2 amide bonds. The fourth-order valence-corrected chi connectivity index (χ4v) is 5.00. The maximum absolute atomic E-state index is 13.6. The Balaban J connectivity index is 1.92. The third-order valence-corrected chi connectivity index (χ3v) is 7.27. The molecule has 3 aromatic carbocycles. The number of nitrogens with zero attached hydrogens (tertiary/aromatic N) is 1. The molecule has 9 heteroatoms. The van der Waals surface area contributed by atoms with Gasteiger partial charge in [-0.3, -0.25) is 13.9 Å². The van der Waals surface area contributed by atoms with Gasteiger partial charge in [-0.2, -0.15) is 0 Å². The molecule has 3 aromatic rings. The first-order chi connectivity index (χ1) is 16.8. The summed E-state index contributed by atoms with van der Waals surface area (Å²) < 4.78 is 33.2. The number of methoxy groups -OCH3 is 1. The molecule has 0 saturated heterocycles. The highest BCUT2D eigenvalue weighted by Gasteiger charge is 2.29. The molecule has 0 heterocycles. The topological polar surface area (TPSA) is 105 Å². The number of hydrogen-bond acceptors (Lipinski definition) is 5. The summed E-state index contributed by atoms with van der Waals surface area (Å²) in [5.74, 6) is -0.955. The number of aryl methyl sites for hydroxylation is 1. The Morgan fingerprint density at radius 2 is 1.60 bits per heavy atom. The molecule has 3 rings (SSSR count). The van der Waals surface area contributed by atoms with Crippen molar-refractivity contribution >= 4 is 33.2 Å². The molecular formula is C26H29N3O5S. The van der Waals surface area contributed by atoms with Gasteiger partial charge in [0.15, 0.2) is 0 Å². The van der Waals surface area contributed by atoms with E-state index in [0.29, 0.717) is 18.8 Å². The van der Waals surface area contributed by atoms with Crippen LogP contribution in [0.4, 0.5) is 11.4 Å². The van der Waals surface area contributed by atoms with Crippen molar-refractivity contribution < 1.29 is 22.7 Å². The van der Waals surface area contributed by atoms with Gasteiger partial charge in [0.1, 0.15) is 6.54 Å². The highest BCUT2D eigenvalue weighted by atomic mass is 32.2. The van der Waals surface area contributed by atoms with Crippen molar-refractivity contribution in [1.29, 1.82) is 0 Å². The van der Waals surface area contributed by atoms with Crippen molar-refractivity contribution in [2.75, 3.05) is 36.4 Å². The van der Waals surface area contributed by atoms with Crippen LogP contribution in [0.25, 0.3) is 0 Å². The van der Waals surface area contributed by atoms with Crippen LogP contribution >= 0.6 is 0 Å². The van der Waals surface area contributed by atoms with E-state index in [-0.39, 0.29) is 22.1 Å². The predicted octanol–water partition coefficient (Wildman–Crippen LogP) is 3.51. The van der Waals surface area contributed by atoms with Crippen molar-refractivity contribution in [2.24, 2.45) is 0 Å². The lowest BCUT2D eigenvalue weighted by Crippen LogP contribution is -2.39. The van der Waals surface area contributed by atoms with Crippen LogP contribution in [0.15, 0.2) is 77.7 Å². The van der Waals surface area contributed by atoms with Crippen LogP contribution in [0.2, 0.25) is 0 Å². The van der Waals surface area contributed by atoms with Gasteiger partial charge in [-0.25, -0.2) is 8.42 Å². The van der Waals surface area contributed by atoms with Crippen molar-refractivity contribution in [3.63, 3.8) is 0 Å². The molecule has 0 radical (unpaired) electrons. The molecule has 0 spiro atoms. The second-order valence-corrected chi connectivity index (χ2v) is 9.75.